The summed E-state index contributed by atoms with van der Waals surface area (Å²) in [5.74, 6) is 0. The molecular weight excluding hydrogens is 379 g/mol. The quantitative estimate of drug-likeness (QED) is 0.357. The predicted molar refractivity (Wildman–Crippen MR) is 105 cm³/mol. The molecule has 0 rings (SSSR count). The SMILES string of the molecule is CCCCC[CH]([Si](C)(C)CN(C)CCN(C)C)[Sn]([CH3])([CH3])[CH3]. The third kappa shape index (κ3) is 9.62. The Morgan fingerprint density at radius 2 is 1.52 bits per heavy atom. The molecule has 1 unspecified atom stereocenters. The molecule has 0 spiro atoms. The van der Waals surface area contributed by atoms with Gasteiger partial charge in [-0.15, -0.1) is 0 Å². The van der Waals surface area contributed by atoms with Crippen LogP contribution >= 0.6 is 0 Å². The minimum absolute atomic E-state index is 1.13. The zero-order chi connectivity index (χ0) is 16.7. The Morgan fingerprint density at radius 3 is 1.95 bits per heavy atom. The first-order valence-corrected chi connectivity index (χ1v) is 22.3. The summed E-state index contributed by atoms with van der Waals surface area (Å²) < 4.78 is 1.13. The van der Waals surface area contributed by atoms with Crippen LogP contribution in [0.5, 0.6) is 0 Å². The van der Waals surface area contributed by atoms with Gasteiger partial charge < -0.3 is 0 Å². The average molecular weight is 421 g/mol. The summed E-state index contributed by atoms with van der Waals surface area (Å²) in [5, 5.41) is 0. The molecule has 1 atom stereocenters. The molecule has 0 heterocycles. The maximum atomic E-state index is 2.67. The van der Waals surface area contributed by atoms with Crippen LogP contribution in [0.2, 0.25) is 31.5 Å². The molecule has 0 saturated heterocycles. The summed E-state index contributed by atoms with van der Waals surface area (Å²) in [6.45, 7) is 10.0. The fourth-order valence-electron chi connectivity index (χ4n) is 3.85. The third-order valence-electron chi connectivity index (χ3n) is 4.69. The van der Waals surface area contributed by atoms with Crippen molar-refractivity contribution in [3.05, 3.63) is 0 Å². The van der Waals surface area contributed by atoms with Crippen LogP contribution in [-0.2, 0) is 0 Å². The van der Waals surface area contributed by atoms with Crippen molar-refractivity contribution in [2.45, 2.75) is 64.1 Å². The van der Waals surface area contributed by atoms with Gasteiger partial charge in [0.2, 0.25) is 0 Å². The third-order valence-corrected chi connectivity index (χ3v) is 27.5. The van der Waals surface area contributed by atoms with E-state index < -0.39 is 26.5 Å². The summed E-state index contributed by atoms with van der Waals surface area (Å²) >= 11 is -1.83. The van der Waals surface area contributed by atoms with E-state index in [0.717, 1.165) is 3.56 Å². The van der Waals surface area contributed by atoms with Crippen LogP contribution in [0.3, 0.4) is 0 Å². The molecule has 0 radical (unpaired) electrons. The zero-order valence-corrected chi connectivity index (χ0v) is 20.3. The van der Waals surface area contributed by atoms with Gasteiger partial charge in [-0.25, -0.2) is 0 Å². The van der Waals surface area contributed by atoms with Gasteiger partial charge in [-0.3, -0.25) is 0 Å². The second kappa shape index (κ2) is 9.94. The van der Waals surface area contributed by atoms with Gasteiger partial charge in [-0.05, 0) is 0 Å². The van der Waals surface area contributed by atoms with Crippen molar-refractivity contribution in [1.29, 1.82) is 0 Å². The van der Waals surface area contributed by atoms with Gasteiger partial charge in [-0.2, -0.15) is 0 Å². The Labute approximate surface area is 140 Å². The molecule has 0 aromatic heterocycles. The molecule has 0 bridgehead atoms. The van der Waals surface area contributed by atoms with E-state index in [9.17, 15) is 0 Å². The Morgan fingerprint density at radius 1 is 0.952 bits per heavy atom. The van der Waals surface area contributed by atoms with Gasteiger partial charge in [0.15, 0.2) is 0 Å². The van der Waals surface area contributed by atoms with Crippen molar-refractivity contribution >= 4 is 26.5 Å². The molecule has 0 aliphatic heterocycles. The van der Waals surface area contributed by atoms with Crippen LogP contribution in [-0.4, -0.2) is 76.7 Å². The Kier molecular flexibility index (Phi) is 10.4. The Balaban J connectivity index is 4.68. The van der Waals surface area contributed by atoms with Gasteiger partial charge in [-0.1, -0.05) is 0 Å². The number of nitrogens with zero attached hydrogens (tertiary/aromatic N) is 2. The van der Waals surface area contributed by atoms with E-state index in [0.29, 0.717) is 0 Å². The normalized spacial score (nSPS) is 15.0. The van der Waals surface area contributed by atoms with E-state index in [1.54, 1.807) is 0 Å². The first kappa shape index (κ1) is 21.9. The topological polar surface area (TPSA) is 6.48 Å². The average Bonchev–Trinajstić information content (AvgIpc) is 2.29. The van der Waals surface area contributed by atoms with Crippen LogP contribution < -0.4 is 0 Å². The summed E-state index contributed by atoms with van der Waals surface area (Å²) in [6.07, 6.45) is 7.16. The number of rotatable bonds is 11. The van der Waals surface area contributed by atoms with Crippen LogP contribution in [0.25, 0.3) is 0 Å². The van der Waals surface area contributed by atoms with E-state index in [1.165, 1.54) is 44.9 Å². The van der Waals surface area contributed by atoms with Crippen LogP contribution in [0, 0.1) is 0 Å². The Hall–Kier alpha value is 0.936. The molecule has 2 nitrogen and oxygen atoms in total. The van der Waals surface area contributed by atoms with Crippen molar-refractivity contribution < 1.29 is 0 Å². The Bertz CT molecular complexity index is 274. The molecule has 0 fully saturated rings. The second-order valence-corrected chi connectivity index (χ2v) is 31.1. The predicted octanol–water partition coefficient (Wildman–Crippen LogP) is 4.56. The van der Waals surface area contributed by atoms with Crippen LogP contribution in [0.4, 0.5) is 0 Å². The van der Waals surface area contributed by atoms with Gasteiger partial charge in [0.25, 0.3) is 0 Å². The van der Waals surface area contributed by atoms with Crippen LogP contribution in [0.1, 0.15) is 32.6 Å². The van der Waals surface area contributed by atoms with Gasteiger partial charge >= 0.3 is 141 Å². The van der Waals surface area contributed by atoms with Crippen molar-refractivity contribution in [3.63, 3.8) is 0 Å². The summed E-state index contributed by atoms with van der Waals surface area (Å²) in [6, 6.07) is 0. The first-order chi connectivity index (χ1) is 9.50. The van der Waals surface area contributed by atoms with E-state index in [4.69, 9.17) is 0 Å². The van der Waals surface area contributed by atoms with E-state index in [2.05, 4.69) is 65.8 Å². The monoisotopic (exact) mass is 422 g/mol. The molecule has 0 aromatic rings. The van der Waals surface area contributed by atoms with E-state index >= 15 is 0 Å². The molecule has 21 heavy (non-hydrogen) atoms. The number of likely N-dealkylation sites (N-methyl/N-ethyl adjacent to an activating group) is 2. The molecule has 0 aromatic carbocycles. The van der Waals surface area contributed by atoms with Gasteiger partial charge in [0.05, 0.1) is 0 Å². The van der Waals surface area contributed by atoms with E-state index in [1.807, 2.05) is 0 Å². The summed E-state index contributed by atoms with van der Waals surface area (Å²) in [7, 11) is 5.53. The molecule has 0 N–H and O–H groups in total. The van der Waals surface area contributed by atoms with Crippen molar-refractivity contribution in [1.82, 2.24) is 9.80 Å². The molecule has 0 aliphatic carbocycles. The standard InChI is InChI=1S/C14H33N2Si.3CH3.Sn/c1-7-8-9-10-13-17(5,6)14-16(4)12-11-15(2)3;;;;/h13H,7-12,14H2,1-6H3;3*1H3;. The van der Waals surface area contributed by atoms with Crippen LogP contribution in [0.15, 0.2) is 0 Å². The fourth-order valence-corrected chi connectivity index (χ4v) is 32.9. The molecule has 128 valence electrons. The molecule has 0 aliphatic rings. The summed E-state index contributed by atoms with van der Waals surface area (Å²) in [5.41, 5.74) is 0. The number of hydrogen-bond donors (Lipinski definition) is 0. The fraction of sp³-hybridized carbons (Fsp3) is 1.00. The van der Waals surface area contributed by atoms with Gasteiger partial charge in [0.1, 0.15) is 0 Å². The molecule has 0 saturated carbocycles. The molecule has 4 heteroatoms. The van der Waals surface area contributed by atoms with Crippen molar-refractivity contribution in [3.8, 4) is 0 Å². The summed E-state index contributed by atoms with van der Waals surface area (Å²) in [4.78, 5) is 12.9. The number of hydrogen-bond acceptors (Lipinski definition) is 2. The van der Waals surface area contributed by atoms with E-state index in [-0.39, 0.29) is 0 Å². The number of unbranched alkanes of at least 4 members (excludes halogenated alkanes) is 2. The molecule has 0 amide bonds. The van der Waals surface area contributed by atoms with Crippen molar-refractivity contribution in [2.75, 3.05) is 40.4 Å². The maximum absolute atomic E-state index is 2.67. The van der Waals surface area contributed by atoms with Crippen molar-refractivity contribution in [2.24, 2.45) is 0 Å². The van der Waals surface area contributed by atoms with Gasteiger partial charge in [0, 0.05) is 0 Å². The second-order valence-electron chi connectivity index (χ2n) is 8.94. The molecular formula is C17H42N2SiSn. The zero-order valence-electron chi connectivity index (χ0n) is 16.4. The first-order valence-electron chi connectivity index (χ1n) is 8.84. The minimum atomic E-state index is -1.83.